The summed E-state index contributed by atoms with van der Waals surface area (Å²) in [5.41, 5.74) is 6.50. The Morgan fingerprint density at radius 2 is 1.54 bits per heavy atom. The number of benzene rings is 3. The molecule has 4 aromatic rings. The number of nitrogens with zero attached hydrogens (tertiary/aromatic N) is 4. The molecule has 1 saturated heterocycles. The van der Waals surface area contributed by atoms with Gasteiger partial charge in [0, 0.05) is 36.8 Å². The van der Waals surface area contributed by atoms with E-state index in [2.05, 4.69) is 66.7 Å². The van der Waals surface area contributed by atoms with Crippen LogP contribution in [0, 0.1) is 0 Å². The van der Waals surface area contributed by atoms with E-state index in [4.69, 9.17) is 0 Å². The third-order valence-electron chi connectivity index (χ3n) is 7.03. The molecule has 176 valence electrons. The molecule has 35 heavy (non-hydrogen) atoms. The van der Waals surface area contributed by atoms with Gasteiger partial charge in [-0.05, 0) is 30.5 Å². The number of fused-ring (bicyclic) bond motifs is 1. The largest absolute Gasteiger partial charge is 0.366 e. The fourth-order valence-electron chi connectivity index (χ4n) is 5.20. The maximum absolute atomic E-state index is 11.9. The van der Waals surface area contributed by atoms with Crippen LogP contribution in [0.2, 0.25) is 0 Å². The van der Waals surface area contributed by atoms with Crippen LogP contribution in [-0.2, 0) is 6.54 Å². The van der Waals surface area contributed by atoms with Gasteiger partial charge in [0.1, 0.15) is 11.4 Å². The molecule has 6 rings (SSSR count). The second-order valence-electron chi connectivity index (χ2n) is 9.23. The zero-order valence-electron chi connectivity index (χ0n) is 19.5. The molecule has 3 aromatic carbocycles. The molecule has 2 N–H and O–H groups in total. The van der Waals surface area contributed by atoms with Gasteiger partial charge in [-0.25, -0.2) is 9.89 Å². The molecule has 7 nitrogen and oxygen atoms in total. The van der Waals surface area contributed by atoms with Gasteiger partial charge >= 0.3 is 5.69 Å². The number of aromatic amines is 1. The summed E-state index contributed by atoms with van der Waals surface area (Å²) in [6.45, 7) is 4.00. The zero-order chi connectivity index (χ0) is 23.6. The van der Waals surface area contributed by atoms with E-state index < -0.39 is 5.69 Å². The lowest BCUT2D eigenvalue weighted by Gasteiger charge is -2.37. The average molecular weight is 465 g/mol. The van der Waals surface area contributed by atoms with E-state index in [-0.39, 0.29) is 0 Å². The van der Waals surface area contributed by atoms with Crippen LogP contribution in [0.15, 0.2) is 83.7 Å². The van der Waals surface area contributed by atoms with Crippen LogP contribution in [0.5, 0.6) is 0 Å². The SMILES string of the molecule is O=c1nc(-c2ccc(CN3CCC(N4CNc5ccccc54)CC3)cc2)c(-c2ccccc2)n[nH]1. The Kier molecular flexibility index (Phi) is 5.76. The summed E-state index contributed by atoms with van der Waals surface area (Å²) in [4.78, 5) is 21.2. The molecule has 3 heterocycles. The number of nitrogens with one attached hydrogen (secondary N) is 2. The van der Waals surface area contributed by atoms with E-state index in [1.807, 2.05) is 42.5 Å². The highest BCUT2D eigenvalue weighted by atomic mass is 16.1. The van der Waals surface area contributed by atoms with Crippen molar-refractivity contribution in [1.82, 2.24) is 20.1 Å². The third-order valence-corrected chi connectivity index (χ3v) is 7.03. The number of likely N-dealkylation sites (tertiary alicyclic amines) is 1. The fraction of sp³-hybridized carbons (Fsp3) is 0.250. The topological polar surface area (TPSA) is 77.2 Å². The normalized spacial score (nSPS) is 16.2. The van der Waals surface area contributed by atoms with Crippen molar-refractivity contribution in [2.45, 2.75) is 25.4 Å². The second kappa shape index (κ2) is 9.35. The minimum absolute atomic E-state index is 0.442. The predicted octanol–water partition coefficient (Wildman–Crippen LogP) is 4.35. The summed E-state index contributed by atoms with van der Waals surface area (Å²) >= 11 is 0. The molecule has 0 aliphatic carbocycles. The van der Waals surface area contributed by atoms with E-state index in [9.17, 15) is 4.79 Å². The van der Waals surface area contributed by atoms with Crippen molar-refractivity contribution < 1.29 is 0 Å². The first-order valence-electron chi connectivity index (χ1n) is 12.2. The van der Waals surface area contributed by atoms with Crippen molar-refractivity contribution in [3.8, 4) is 22.5 Å². The summed E-state index contributed by atoms with van der Waals surface area (Å²) in [5.74, 6) is 0. The van der Waals surface area contributed by atoms with E-state index in [1.165, 1.54) is 16.9 Å². The predicted molar refractivity (Wildman–Crippen MR) is 139 cm³/mol. The standard InChI is InChI=1S/C28H28N6O/c35-28-30-26(27(31-32-28)21-6-2-1-3-7-21)22-12-10-20(11-13-22)18-33-16-14-23(15-17-33)34-19-29-24-8-4-5-9-25(24)34/h1-13,23,29H,14-19H2,(H,30,32,35). The number of hydrogen-bond acceptors (Lipinski definition) is 6. The quantitative estimate of drug-likeness (QED) is 0.457. The molecule has 1 fully saturated rings. The summed E-state index contributed by atoms with van der Waals surface area (Å²) in [7, 11) is 0. The molecule has 0 amide bonds. The molecule has 2 aliphatic rings. The Morgan fingerprint density at radius 3 is 2.34 bits per heavy atom. The van der Waals surface area contributed by atoms with Crippen LogP contribution in [0.3, 0.4) is 0 Å². The van der Waals surface area contributed by atoms with Gasteiger partial charge < -0.3 is 10.2 Å². The molecule has 0 saturated carbocycles. The molecule has 0 unspecified atom stereocenters. The molecule has 0 radical (unpaired) electrons. The second-order valence-corrected chi connectivity index (χ2v) is 9.23. The highest BCUT2D eigenvalue weighted by Gasteiger charge is 2.28. The molecule has 0 bridgehead atoms. The van der Waals surface area contributed by atoms with Crippen molar-refractivity contribution in [3.05, 3.63) is 94.9 Å². The Labute approximate surface area is 204 Å². The van der Waals surface area contributed by atoms with Gasteiger partial charge in [0.25, 0.3) is 0 Å². The molecule has 2 aliphatic heterocycles. The van der Waals surface area contributed by atoms with Gasteiger partial charge in [-0.2, -0.15) is 10.1 Å². The van der Waals surface area contributed by atoms with Gasteiger partial charge in [0.2, 0.25) is 0 Å². The van der Waals surface area contributed by atoms with E-state index in [1.54, 1.807) is 0 Å². The monoisotopic (exact) mass is 464 g/mol. The van der Waals surface area contributed by atoms with Crippen molar-refractivity contribution >= 4 is 11.4 Å². The molecular weight excluding hydrogens is 436 g/mol. The number of para-hydroxylation sites is 2. The number of hydrogen-bond donors (Lipinski definition) is 2. The summed E-state index contributed by atoms with van der Waals surface area (Å²) in [5, 5.41) is 10.3. The highest BCUT2D eigenvalue weighted by molar-refractivity contribution is 5.77. The van der Waals surface area contributed by atoms with Gasteiger partial charge in [0.15, 0.2) is 0 Å². The van der Waals surface area contributed by atoms with Crippen molar-refractivity contribution in [1.29, 1.82) is 0 Å². The van der Waals surface area contributed by atoms with Gasteiger partial charge in [-0.15, -0.1) is 0 Å². The Hall–Kier alpha value is -3.97. The zero-order valence-corrected chi connectivity index (χ0v) is 19.5. The van der Waals surface area contributed by atoms with E-state index in [0.29, 0.717) is 17.4 Å². The number of rotatable bonds is 5. The van der Waals surface area contributed by atoms with Crippen LogP contribution in [-0.4, -0.2) is 45.9 Å². The lowest BCUT2D eigenvalue weighted by atomic mass is 10.0. The Bertz CT molecular complexity index is 1360. The molecular formula is C28H28N6O. The van der Waals surface area contributed by atoms with E-state index in [0.717, 1.165) is 50.3 Å². The lowest BCUT2D eigenvalue weighted by Crippen LogP contribution is -2.44. The first-order valence-corrected chi connectivity index (χ1v) is 12.2. The minimum atomic E-state index is -0.442. The number of anilines is 2. The first-order chi connectivity index (χ1) is 17.2. The van der Waals surface area contributed by atoms with Crippen LogP contribution in [0.25, 0.3) is 22.5 Å². The molecule has 0 atom stereocenters. The van der Waals surface area contributed by atoms with Gasteiger partial charge in [-0.3, -0.25) is 4.90 Å². The van der Waals surface area contributed by atoms with Crippen LogP contribution >= 0.6 is 0 Å². The van der Waals surface area contributed by atoms with Gasteiger partial charge in [0.05, 0.1) is 18.0 Å². The summed E-state index contributed by atoms with van der Waals surface area (Å²) in [6.07, 6.45) is 2.33. The first kappa shape index (κ1) is 21.6. The minimum Gasteiger partial charge on any atom is -0.366 e. The number of aromatic nitrogens is 3. The Morgan fingerprint density at radius 1 is 0.829 bits per heavy atom. The number of H-pyrrole nitrogens is 1. The maximum atomic E-state index is 11.9. The smallest absolute Gasteiger partial charge is 0.361 e. The van der Waals surface area contributed by atoms with Crippen molar-refractivity contribution in [3.63, 3.8) is 0 Å². The Balaban J connectivity index is 1.12. The van der Waals surface area contributed by atoms with Crippen LogP contribution in [0.1, 0.15) is 18.4 Å². The van der Waals surface area contributed by atoms with Crippen LogP contribution < -0.4 is 15.9 Å². The fourth-order valence-corrected chi connectivity index (χ4v) is 5.20. The maximum Gasteiger partial charge on any atom is 0.361 e. The summed E-state index contributed by atoms with van der Waals surface area (Å²) in [6, 6.07) is 27.4. The van der Waals surface area contributed by atoms with Gasteiger partial charge in [-0.1, -0.05) is 66.7 Å². The lowest BCUT2D eigenvalue weighted by molar-refractivity contribution is 0.202. The molecule has 0 spiro atoms. The third kappa shape index (κ3) is 4.42. The number of piperidine rings is 1. The van der Waals surface area contributed by atoms with E-state index >= 15 is 0 Å². The van der Waals surface area contributed by atoms with Crippen molar-refractivity contribution in [2.24, 2.45) is 0 Å². The molecule has 1 aromatic heterocycles. The average Bonchev–Trinajstić information content (AvgIpc) is 3.34. The highest BCUT2D eigenvalue weighted by Crippen LogP contribution is 2.35. The molecule has 7 heteroatoms. The van der Waals surface area contributed by atoms with Crippen molar-refractivity contribution in [2.75, 3.05) is 30.0 Å². The summed E-state index contributed by atoms with van der Waals surface area (Å²) < 4.78 is 0. The van der Waals surface area contributed by atoms with Crippen LogP contribution in [0.4, 0.5) is 11.4 Å².